The number of rotatable bonds is 9. The highest BCUT2D eigenvalue weighted by Crippen LogP contribution is 2.42. The maximum atomic E-state index is 13.2. The van der Waals surface area contributed by atoms with Crippen LogP contribution in [0.3, 0.4) is 0 Å². The summed E-state index contributed by atoms with van der Waals surface area (Å²) >= 11 is 6.32. The monoisotopic (exact) mass is 435 g/mol. The summed E-state index contributed by atoms with van der Waals surface area (Å²) in [7, 11) is 1.66. The number of halogens is 1. The standard InChI is InChI=1S/C24H34ClNO4/c1-14(22(29-5)20-12-16-11-19(16)26-20)21(27)13-17(23(28)30-24(2,3)4)10-15-8-6-7-9-18(15)25/h6-9,14,16-17,19-20,22,26H,10-13H2,1-5H3/t14-,16-,17+,19-,20-,22+/m0/s1. The molecular formula is C24H34ClNO4. The third-order valence-electron chi connectivity index (χ3n) is 6.19. The Morgan fingerprint density at radius 2 is 1.93 bits per heavy atom. The molecule has 166 valence electrons. The first-order valence-electron chi connectivity index (χ1n) is 10.9. The number of carbonyl (C=O) groups is 2. The molecule has 0 aromatic heterocycles. The molecule has 1 aromatic rings. The number of methoxy groups -OCH3 is 1. The average Bonchev–Trinajstić information content (AvgIpc) is 3.27. The van der Waals surface area contributed by atoms with Gasteiger partial charge in [0, 0.05) is 36.6 Å². The molecule has 30 heavy (non-hydrogen) atoms. The van der Waals surface area contributed by atoms with Crippen LogP contribution >= 0.6 is 11.6 Å². The zero-order valence-electron chi connectivity index (χ0n) is 18.6. The predicted molar refractivity (Wildman–Crippen MR) is 118 cm³/mol. The largest absolute Gasteiger partial charge is 0.460 e. The number of piperidine rings is 1. The van der Waals surface area contributed by atoms with Crippen LogP contribution in [-0.2, 0) is 25.5 Å². The van der Waals surface area contributed by atoms with E-state index in [2.05, 4.69) is 5.32 Å². The average molecular weight is 436 g/mol. The fourth-order valence-electron chi connectivity index (χ4n) is 4.49. The highest BCUT2D eigenvalue weighted by atomic mass is 35.5. The van der Waals surface area contributed by atoms with E-state index in [0.29, 0.717) is 17.5 Å². The molecule has 1 N–H and O–H groups in total. The van der Waals surface area contributed by atoms with Gasteiger partial charge in [-0.05, 0) is 57.6 Å². The quantitative estimate of drug-likeness (QED) is 0.589. The van der Waals surface area contributed by atoms with E-state index < -0.39 is 11.5 Å². The van der Waals surface area contributed by atoms with Crippen LogP contribution in [0.1, 0.15) is 52.5 Å². The van der Waals surface area contributed by atoms with Gasteiger partial charge in [0.05, 0.1) is 12.0 Å². The normalized spacial score (nSPS) is 25.9. The fourth-order valence-corrected chi connectivity index (χ4v) is 4.71. The lowest BCUT2D eigenvalue weighted by Gasteiger charge is -2.30. The molecule has 1 aliphatic heterocycles. The Hall–Kier alpha value is -1.43. The molecule has 0 unspecified atom stereocenters. The molecule has 1 aromatic carbocycles. The van der Waals surface area contributed by atoms with Crippen LogP contribution in [0.5, 0.6) is 0 Å². The number of ketones is 1. The number of Topliss-reactive ketones (excluding diaryl/α,β-unsaturated/α-hetero) is 1. The number of hydrogen-bond acceptors (Lipinski definition) is 5. The summed E-state index contributed by atoms with van der Waals surface area (Å²) in [5, 5.41) is 4.18. The Bertz CT molecular complexity index is 765. The van der Waals surface area contributed by atoms with Gasteiger partial charge in [-0.2, -0.15) is 0 Å². The number of esters is 1. The van der Waals surface area contributed by atoms with Crippen molar-refractivity contribution in [3.63, 3.8) is 0 Å². The lowest BCUT2D eigenvalue weighted by atomic mass is 9.85. The first-order chi connectivity index (χ1) is 14.1. The van der Waals surface area contributed by atoms with Gasteiger partial charge < -0.3 is 14.8 Å². The second kappa shape index (κ2) is 9.37. The van der Waals surface area contributed by atoms with E-state index in [1.165, 1.54) is 6.42 Å². The van der Waals surface area contributed by atoms with Gasteiger partial charge in [0.2, 0.25) is 0 Å². The van der Waals surface area contributed by atoms with Crippen molar-refractivity contribution in [2.24, 2.45) is 17.8 Å². The Labute approximate surface area is 184 Å². The molecule has 0 bridgehead atoms. The van der Waals surface area contributed by atoms with E-state index in [-0.39, 0.29) is 36.2 Å². The minimum atomic E-state index is -0.617. The van der Waals surface area contributed by atoms with Crippen molar-refractivity contribution < 1.29 is 19.1 Å². The maximum absolute atomic E-state index is 13.2. The number of benzene rings is 1. The van der Waals surface area contributed by atoms with Gasteiger partial charge in [0.1, 0.15) is 11.4 Å². The van der Waals surface area contributed by atoms with Crippen molar-refractivity contribution in [1.82, 2.24) is 5.32 Å². The Morgan fingerprint density at radius 3 is 2.50 bits per heavy atom. The Balaban J connectivity index is 1.70. The van der Waals surface area contributed by atoms with Crippen molar-refractivity contribution in [1.29, 1.82) is 0 Å². The lowest BCUT2D eigenvalue weighted by molar-refractivity contribution is -0.161. The molecule has 5 nitrogen and oxygen atoms in total. The van der Waals surface area contributed by atoms with Crippen molar-refractivity contribution in [2.75, 3.05) is 7.11 Å². The van der Waals surface area contributed by atoms with Crippen LogP contribution in [0, 0.1) is 17.8 Å². The molecule has 1 saturated carbocycles. The van der Waals surface area contributed by atoms with Gasteiger partial charge in [0.25, 0.3) is 0 Å². The summed E-state index contributed by atoms with van der Waals surface area (Å²) in [6.45, 7) is 7.41. The van der Waals surface area contributed by atoms with Crippen LogP contribution in [0.2, 0.25) is 5.02 Å². The smallest absolute Gasteiger partial charge is 0.310 e. The van der Waals surface area contributed by atoms with E-state index >= 15 is 0 Å². The fraction of sp³-hybridized carbons (Fsp3) is 0.667. The molecule has 0 amide bonds. The Morgan fingerprint density at radius 1 is 1.23 bits per heavy atom. The lowest BCUT2D eigenvalue weighted by Crippen LogP contribution is -2.45. The molecule has 1 saturated heterocycles. The number of fused-ring (bicyclic) bond motifs is 1. The molecule has 0 radical (unpaired) electrons. The molecule has 1 aliphatic carbocycles. The molecular weight excluding hydrogens is 402 g/mol. The second-order valence-corrected chi connectivity index (χ2v) is 10.2. The van der Waals surface area contributed by atoms with Gasteiger partial charge in [-0.3, -0.25) is 9.59 Å². The van der Waals surface area contributed by atoms with Gasteiger partial charge in [-0.1, -0.05) is 36.7 Å². The zero-order valence-corrected chi connectivity index (χ0v) is 19.4. The van der Waals surface area contributed by atoms with Crippen LogP contribution < -0.4 is 5.32 Å². The summed E-state index contributed by atoms with van der Waals surface area (Å²) in [6, 6.07) is 8.21. The van der Waals surface area contributed by atoms with Gasteiger partial charge in [-0.15, -0.1) is 0 Å². The first kappa shape index (κ1) is 23.2. The zero-order chi connectivity index (χ0) is 22.1. The first-order valence-corrected chi connectivity index (χ1v) is 11.2. The van der Waals surface area contributed by atoms with Crippen molar-refractivity contribution in [2.45, 2.75) is 77.2 Å². The minimum Gasteiger partial charge on any atom is -0.460 e. The molecule has 2 aliphatic rings. The topological polar surface area (TPSA) is 64.6 Å². The van der Waals surface area contributed by atoms with Crippen molar-refractivity contribution in [3.8, 4) is 0 Å². The van der Waals surface area contributed by atoms with Crippen LogP contribution in [0.25, 0.3) is 0 Å². The van der Waals surface area contributed by atoms with E-state index in [1.54, 1.807) is 13.2 Å². The number of carbonyl (C=O) groups excluding carboxylic acids is 2. The van der Waals surface area contributed by atoms with Crippen LogP contribution in [0.4, 0.5) is 0 Å². The van der Waals surface area contributed by atoms with E-state index in [0.717, 1.165) is 17.9 Å². The molecule has 0 spiro atoms. The summed E-state index contributed by atoms with van der Waals surface area (Å²) in [6.07, 6.45) is 2.57. The SMILES string of the molecule is CO[C@@H]([C@@H]1C[C@@H]2C[C@@H]2N1)[C@@H](C)C(=O)C[C@@H](Cc1ccccc1Cl)C(=O)OC(C)(C)C. The number of ether oxygens (including phenoxy) is 2. The van der Waals surface area contributed by atoms with E-state index in [1.807, 2.05) is 45.9 Å². The number of hydrogen-bond donors (Lipinski definition) is 1. The molecule has 6 heteroatoms. The third-order valence-corrected chi connectivity index (χ3v) is 6.56. The van der Waals surface area contributed by atoms with Gasteiger partial charge in [0.15, 0.2) is 0 Å². The summed E-state index contributed by atoms with van der Waals surface area (Å²) in [5.74, 6) is -0.503. The van der Waals surface area contributed by atoms with Crippen LogP contribution in [0.15, 0.2) is 24.3 Å². The van der Waals surface area contributed by atoms with Gasteiger partial charge >= 0.3 is 5.97 Å². The second-order valence-electron chi connectivity index (χ2n) is 9.80. The van der Waals surface area contributed by atoms with Crippen molar-refractivity contribution >= 4 is 23.4 Å². The van der Waals surface area contributed by atoms with Gasteiger partial charge in [-0.25, -0.2) is 0 Å². The summed E-state index contributed by atoms with van der Waals surface area (Å²) in [5.41, 5.74) is 0.227. The maximum Gasteiger partial charge on any atom is 0.310 e. The minimum absolute atomic E-state index is 0.0205. The summed E-state index contributed by atoms with van der Waals surface area (Å²) < 4.78 is 11.3. The summed E-state index contributed by atoms with van der Waals surface area (Å²) in [4.78, 5) is 26.1. The number of nitrogens with one attached hydrogen (secondary N) is 1. The predicted octanol–water partition coefficient (Wildman–Crippen LogP) is 4.20. The molecule has 2 fully saturated rings. The van der Waals surface area contributed by atoms with E-state index in [9.17, 15) is 9.59 Å². The van der Waals surface area contributed by atoms with Crippen molar-refractivity contribution in [3.05, 3.63) is 34.9 Å². The molecule has 1 heterocycles. The molecule has 3 rings (SSSR count). The third kappa shape index (κ3) is 5.83. The van der Waals surface area contributed by atoms with Crippen LogP contribution in [-0.4, -0.2) is 42.7 Å². The Kier molecular flexibility index (Phi) is 7.26. The van der Waals surface area contributed by atoms with E-state index in [4.69, 9.17) is 21.1 Å². The highest BCUT2D eigenvalue weighted by Gasteiger charge is 2.49. The molecule has 6 atom stereocenters. The highest BCUT2D eigenvalue weighted by molar-refractivity contribution is 6.31.